The Labute approximate surface area is 241 Å². The van der Waals surface area contributed by atoms with E-state index in [0.29, 0.717) is 31.2 Å². The Bertz CT molecular complexity index is 576. The molecule has 182 valence electrons. The van der Waals surface area contributed by atoms with E-state index >= 15 is 0 Å². The first kappa shape index (κ1) is 39.4. The molecule has 0 aromatic carbocycles. The molecular weight excluding hydrogens is 623 g/mol. The van der Waals surface area contributed by atoms with E-state index in [1.807, 2.05) is 0 Å². The van der Waals surface area contributed by atoms with Crippen molar-refractivity contribution in [1.29, 1.82) is 0 Å². The van der Waals surface area contributed by atoms with E-state index in [9.17, 15) is 19.2 Å². The summed E-state index contributed by atoms with van der Waals surface area (Å²) in [6, 6.07) is 0. The van der Waals surface area contributed by atoms with Gasteiger partial charge in [-0.1, -0.05) is 59.9 Å². The van der Waals surface area contributed by atoms with Crippen LogP contribution in [0.1, 0.15) is 48.4 Å². The predicted molar refractivity (Wildman–Crippen MR) is 137 cm³/mol. The topological polar surface area (TPSA) is 86.7 Å². The third-order valence-electron chi connectivity index (χ3n) is 3.89. The molecule has 0 aromatic heterocycles. The second-order valence-electron chi connectivity index (χ2n) is 6.11. The zero-order chi connectivity index (χ0) is 24.9. The molecule has 2 atom stereocenters. The minimum absolute atomic E-state index is 0. The van der Waals surface area contributed by atoms with E-state index in [1.165, 1.54) is 13.8 Å². The third-order valence-corrected chi connectivity index (χ3v) is 6.14. The van der Waals surface area contributed by atoms with Gasteiger partial charge in [-0.2, -0.15) is 0 Å². The van der Waals surface area contributed by atoms with Crippen LogP contribution in [0.4, 0.5) is 0 Å². The second-order valence-corrected chi connectivity index (χ2v) is 8.49. The van der Waals surface area contributed by atoms with Crippen LogP contribution in [-0.4, -0.2) is 52.7 Å². The molecule has 6 nitrogen and oxygen atoms in total. The van der Waals surface area contributed by atoms with E-state index in [0.717, 1.165) is 10.7 Å². The molecule has 0 heterocycles. The van der Waals surface area contributed by atoms with Gasteiger partial charge in [-0.3, -0.25) is 19.2 Å². The summed E-state index contributed by atoms with van der Waals surface area (Å²) in [6.07, 6.45) is 4.25. The number of rotatable bonds is 13. The Morgan fingerprint density at radius 1 is 0.938 bits per heavy atom. The average molecular weight is 659 g/mol. The molecule has 0 fully saturated rings. The van der Waals surface area contributed by atoms with Crippen molar-refractivity contribution < 1.29 is 59.6 Å². The molecule has 0 bridgehead atoms. The van der Waals surface area contributed by atoms with Crippen molar-refractivity contribution in [2.75, 3.05) is 29.2 Å². The Balaban J connectivity index is -0.000000131. The summed E-state index contributed by atoms with van der Waals surface area (Å²) < 4.78 is 9.66. The summed E-state index contributed by atoms with van der Waals surface area (Å²) in [7, 11) is 0. The average Bonchev–Trinajstić information content (AvgIpc) is 2.72. The van der Waals surface area contributed by atoms with Crippen LogP contribution in [-0.2, 0) is 28.7 Å². The number of allylic oxidation sites excluding steroid dienone is 2. The molecule has 0 saturated carbocycles. The Morgan fingerprint density at radius 3 is 1.72 bits per heavy atom. The van der Waals surface area contributed by atoms with Crippen LogP contribution in [0.15, 0.2) is 25.3 Å². The van der Waals surface area contributed by atoms with Crippen molar-refractivity contribution in [1.82, 2.24) is 0 Å². The maximum atomic E-state index is 11.8. The number of Topliss-reactive ketones (excluding diaryl/α,β-unsaturated/α-hetero) is 2. The van der Waals surface area contributed by atoms with Gasteiger partial charge < -0.3 is 10.9 Å². The Hall–Kier alpha value is 0.200. The predicted octanol–water partition coefficient (Wildman–Crippen LogP) is 2.71. The monoisotopic (exact) mass is 656 g/mol. The van der Waals surface area contributed by atoms with E-state index in [1.54, 1.807) is 26.0 Å². The van der Waals surface area contributed by atoms with Crippen LogP contribution in [0, 0.1) is 11.3 Å². The fraction of sp³-hybridized carbons (Fsp3) is 0.636. The molecule has 0 radical (unpaired) electrons. The standard InChI is InChI=1S/C11H17BrO3.C9H14O3.C2H4Br2.Na.H/c1-4-6-11(7-8-12,9(3)13)10(14)15-5-2;1-4-6-8(7(3)10)9(11)12-5-2;3-1-2-4;;/h4H,1,5-8H2,2-3H3;4,8H,1,5-6H2,2-3H3;1-2H2;;/q;;;+1;-1. The Kier molecular flexibility index (Phi) is 31.8. The molecule has 2 unspecified atom stereocenters. The molecule has 0 aliphatic heterocycles. The van der Waals surface area contributed by atoms with Gasteiger partial charge in [0.15, 0.2) is 0 Å². The van der Waals surface area contributed by atoms with Gasteiger partial charge in [-0.15, -0.1) is 13.2 Å². The van der Waals surface area contributed by atoms with Crippen molar-refractivity contribution in [3.8, 4) is 0 Å². The number of carbonyl (C=O) groups is 4. The van der Waals surface area contributed by atoms with Gasteiger partial charge in [0, 0.05) is 16.0 Å². The van der Waals surface area contributed by atoms with Gasteiger partial charge in [-0.25, -0.2) is 0 Å². The number of ketones is 2. The second kappa shape index (κ2) is 25.8. The van der Waals surface area contributed by atoms with E-state index < -0.39 is 23.3 Å². The maximum absolute atomic E-state index is 11.8. The van der Waals surface area contributed by atoms with Gasteiger partial charge in [-0.05, 0) is 47.0 Å². The zero-order valence-corrected chi connectivity index (χ0v) is 26.6. The number of esters is 2. The van der Waals surface area contributed by atoms with E-state index in [4.69, 9.17) is 9.47 Å². The molecule has 0 saturated heterocycles. The zero-order valence-electron chi connectivity index (χ0n) is 20.9. The van der Waals surface area contributed by atoms with Gasteiger partial charge in [0.2, 0.25) is 0 Å². The molecule has 0 rings (SSSR count). The van der Waals surface area contributed by atoms with Crippen molar-refractivity contribution in [2.24, 2.45) is 11.3 Å². The van der Waals surface area contributed by atoms with Crippen molar-refractivity contribution in [3.05, 3.63) is 25.3 Å². The van der Waals surface area contributed by atoms with E-state index in [-0.39, 0.29) is 49.2 Å². The quantitative estimate of drug-likeness (QED) is 0.0995. The summed E-state index contributed by atoms with van der Waals surface area (Å²) in [4.78, 5) is 45.4. The summed E-state index contributed by atoms with van der Waals surface area (Å²) in [6.45, 7) is 13.9. The largest absolute Gasteiger partial charge is 1.00 e. The van der Waals surface area contributed by atoms with E-state index in [2.05, 4.69) is 60.9 Å². The summed E-state index contributed by atoms with van der Waals surface area (Å²) in [5.74, 6) is -1.90. The number of halogens is 3. The summed E-state index contributed by atoms with van der Waals surface area (Å²) >= 11 is 9.65. The van der Waals surface area contributed by atoms with Crippen molar-refractivity contribution in [2.45, 2.75) is 47.0 Å². The molecule has 0 amide bonds. The fourth-order valence-corrected chi connectivity index (χ4v) is 2.94. The molecule has 32 heavy (non-hydrogen) atoms. The van der Waals surface area contributed by atoms with Crippen LogP contribution in [0.25, 0.3) is 0 Å². The smallest absolute Gasteiger partial charge is 1.00 e. The number of hydrogen-bond acceptors (Lipinski definition) is 6. The van der Waals surface area contributed by atoms with Gasteiger partial charge in [0.25, 0.3) is 0 Å². The van der Waals surface area contributed by atoms with Crippen LogP contribution in [0.5, 0.6) is 0 Å². The molecule has 0 aliphatic carbocycles. The minimum atomic E-state index is -1.05. The minimum Gasteiger partial charge on any atom is -1.00 e. The van der Waals surface area contributed by atoms with Crippen molar-refractivity contribution in [3.63, 3.8) is 0 Å². The summed E-state index contributed by atoms with van der Waals surface area (Å²) in [5.41, 5.74) is -1.05. The molecule has 10 heteroatoms. The van der Waals surface area contributed by atoms with Crippen molar-refractivity contribution >= 4 is 71.3 Å². The number of carbonyl (C=O) groups excluding carboxylic acids is 4. The maximum Gasteiger partial charge on any atom is 1.00 e. The van der Waals surface area contributed by atoms with Crippen LogP contribution < -0.4 is 29.6 Å². The number of ether oxygens (including phenoxy) is 2. The van der Waals surface area contributed by atoms with Crippen LogP contribution in [0.3, 0.4) is 0 Å². The first-order valence-corrected chi connectivity index (χ1v) is 13.2. The first-order valence-electron chi connectivity index (χ1n) is 9.84. The fourth-order valence-electron chi connectivity index (χ4n) is 2.27. The first-order chi connectivity index (χ1) is 14.6. The van der Waals surface area contributed by atoms with Crippen LogP contribution >= 0.6 is 47.8 Å². The van der Waals surface area contributed by atoms with Gasteiger partial charge in [0.1, 0.15) is 22.9 Å². The normalized spacial score (nSPS) is 12.0. The van der Waals surface area contributed by atoms with Crippen LogP contribution in [0.2, 0.25) is 0 Å². The number of hydrogen-bond donors (Lipinski definition) is 0. The molecule has 0 aromatic rings. The molecule has 0 N–H and O–H groups in total. The SMILES string of the molecule is BrCCBr.C=CCC(C(C)=O)C(=O)OCC.C=CCC(CCBr)(C(C)=O)C(=O)OCC.[H-].[Na+]. The number of alkyl halides is 3. The van der Waals surface area contributed by atoms with Gasteiger partial charge >= 0.3 is 41.5 Å². The Morgan fingerprint density at radius 2 is 1.44 bits per heavy atom. The molecule has 0 aliphatic rings. The third kappa shape index (κ3) is 17.6. The molecular formula is C22H36Br3NaO6. The molecule has 0 spiro atoms. The van der Waals surface area contributed by atoms with Gasteiger partial charge in [0.05, 0.1) is 13.2 Å². The summed E-state index contributed by atoms with van der Waals surface area (Å²) in [5, 5.41) is 2.68.